The first-order valence-electron chi connectivity index (χ1n) is 4.13. The Hall–Kier alpha value is -0.630. The van der Waals surface area contributed by atoms with Crippen LogP contribution in [0.2, 0.25) is 0 Å². The maximum Gasteiger partial charge on any atom is 0.118 e. The number of phenolic OH excluding ortho intramolecular Hbond substituents is 1. The van der Waals surface area contributed by atoms with Crippen molar-refractivity contribution in [2.75, 3.05) is 5.75 Å². The molecule has 0 unspecified atom stereocenters. The maximum atomic E-state index is 9.38. The number of thiol groups is 1. The van der Waals surface area contributed by atoms with Gasteiger partial charge >= 0.3 is 0 Å². The standard InChI is InChI=1S/C10H14OS/c1-8-4-5-9(3-2-6-12)7-10(8)11/h4-5,7,11-12H,2-3,6H2,1H3. The van der Waals surface area contributed by atoms with Crippen LogP contribution in [0, 0.1) is 6.92 Å². The Balaban J connectivity index is 2.69. The third kappa shape index (κ3) is 2.45. The van der Waals surface area contributed by atoms with Gasteiger partial charge < -0.3 is 5.11 Å². The van der Waals surface area contributed by atoms with Crippen LogP contribution in [0.5, 0.6) is 5.75 Å². The topological polar surface area (TPSA) is 20.2 Å². The molecule has 0 saturated carbocycles. The summed E-state index contributed by atoms with van der Waals surface area (Å²) in [5, 5.41) is 9.38. The van der Waals surface area contributed by atoms with Crippen molar-refractivity contribution in [3.8, 4) is 5.75 Å². The van der Waals surface area contributed by atoms with Gasteiger partial charge in [-0.05, 0) is 42.7 Å². The summed E-state index contributed by atoms with van der Waals surface area (Å²) in [5.41, 5.74) is 2.12. The van der Waals surface area contributed by atoms with E-state index in [1.165, 1.54) is 5.56 Å². The monoisotopic (exact) mass is 182 g/mol. The van der Waals surface area contributed by atoms with Crippen LogP contribution >= 0.6 is 12.6 Å². The highest BCUT2D eigenvalue weighted by Crippen LogP contribution is 2.18. The Bertz CT molecular complexity index is 258. The number of hydrogen-bond acceptors (Lipinski definition) is 2. The highest BCUT2D eigenvalue weighted by molar-refractivity contribution is 7.80. The Morgan fingerprint density at radius 3 is 2.75 bits per heavy atom. The summed E-state index contributed by atoms with van der Waals surface area (Å²) >= 11 is 4.13. The van der Waals surface area contributed by atoms with Crippen LogP contribution in [0.3, 0.4) is 0 Å². The normalized spacial score (nSPS) is 10.2. The van der Waals surface area contributed by atoms with E-state index in [-0.39, 0.29) is 0 Å². The summed E-state index contributed by atoms with van der Waals surface area (Å²) in [6.45, 7) is 1.90. The van der Waals surface area contributed by atoms with Gasteiger partial charge in [-0.2, -0.15) is 12.6 Å². The van der Waals surface area contributed by atoms with Crippen molar-refractivity contribution in [1.29, 1.82) is 0 Å². The van der Waals surface area contributed by atoms with Crippen molar-refractivity contribution in [1.82, 2.24) is 0 Å². The van der Waals surface area contributed by atoms with Crippen molar-refractivity contribution in [2.45, 2.75) is 19.8 Å². The number of aromatic hydroxyl groups is 1. The minimum absolute atomic E-state index is 0.395. The van der Waals surface area contributed by atoms with Gasteiger partial charge in [-0.3, -0.25) is 0 Å². The summed E-state index contributed by atoms with van der Waals surface area (Å²) in [6.07, 6.45) is 2.06. The van der Waals surface area contributed by atoms with Crippen LogP contribution in [0.1, 0.15) is 17.5 Å². The first-order chi connectivity index (χ1) is 5.74. The predicted octanol–water partition coefficient (Wildman–Crippen LogP) is 2.56. The van der Waals surface area contributed by atoms with Crippen LogP contribution in [0.15, 0.2) is 18.2 Å². The summed E-state index contributed by atoms with van der Waals surface area (Å²) in [5.74, 6) is 1.29. The fraction of sp³-hybridized carbons (Fsp3) is 0.400. The molecule has 0 radical (unpaired) electrons. The third-order valence-corrected chi connectivity index (χ3v) is 2.21. The van der Waals surface area contributed by atoms with Crippen LogP contribution in [0.4, 0.5) is 0 Å². The summed E-state index contributed by atoms with van der Waals surface area (Å²) in [4.78, 5) is 0. The second kappa shape index (κ2) is 4.41. The number of benzene rings is 1. The molecule has 0 fully saturated rings. The van der Waals surface area contributed by atoms with E-state index in [1.54, 1.807) is 0 Å². The number of hydrogen-bond donors (Lipinski definition) is 2. The molecular formula is C10H14OS. The second-order valence-corrected chi connectivity index (χ2v) is 3.40. The molecule has 0 amide bonds. The largest absolute Gasteiger partial charge is 0.508 e. The molecule has 1 aromatic rings. The zero-order valence-electron chi connectivity index (χ0n) is 7.25. The van der Waals surface area contributed by atoms with E-state index >= 15 is 0 Å². The Kier molecular flexibility index (Phi) is 3.48. The molecule has 0 saturated heterocycles. The molecule has 1 N–H and O–H groups in total. The van der Waals surface area contributed by atoms with E-state index in [4.69, 9.17) is 0 Å². The van der Waals surface area contributed by atoms with Gasteiger partial charge in [0.25, 0.3) is 0 Å². The molecule has 2 heteroatoms. The zero-order valence-corrected chi connectivity index (χ0v) is 8.14. The van der Waals surface area contributed by atoms with Crippen molar-refractivity contribution in [2.24, 2.45) is 0 Å². The lowest BCUT2D eigenvalue weighted by Crippen LogP contribution is -1.86. The predicted molar refractivity (Wildman–Crippen MR) is 55.0 cm³/mol. The van der Waals surface area contributed by atoms with Gasteiger partial charge in [0.15, 0.2) is 0 Å². The summed E-state index contributed by atoms with van der Waals surface area (Å²) in [6, 6.07) is 5.83. The second-order valence-electron chi connectivity index (χ2n) is 2.95. The summed E-state index contributed by atoms with van der Waals surface area (Å²) < 4.78 is 0. The maximum absolute atomic E-state index is 9.38. The first-order valence-corrected chi connectivity index (χ1v) is 4.76. The van der Waals surface area contributed by atoms with Gasteiger partial charge in [0.2, 0.25) is 0 Å². The average molecular weight is 182 g/mol. The highest BCUT2D eigenvalue weighted by Gasteiger charge is 1.97. The molecule has 1 nitrogen and oxygen atoms in total. The highest BCUT2D eigenvalue weighted by atomic mass is 32.1. The van der Waals surface area contributed by atoms with E-state index in [0.717, 1.165) is 24.2 Å². The van der Waals surface area contributed by atoms with Gasteiger partial charge in [0, 0.05) is 0 Å². The van der Waals surface area contributed by atoms with E-state index in [1.807, 2.05) is 19.1 Å². The number of aryl methyl sites for hydroxylation is 2. The minimum Gasteiger partial charge on any atom is -0.508 e. The molecule has 0 aromatic heterocycles. The molecule has 0 aliphatic carbocycles. The van der Waals surface area contributed by atoms with Gasteiger partial charge in [-0.25, -0.2) is 0 Å². The van der Waals surface area contributed by atoms with Gasteiger partial charge in [0.1, 0.15) is 5.75 Å². The molecule has 0 aliphatic heterocycles. The molecule has 0 aliphatic rings. The zero-order chi connectivity index (χ0) is 8.97. The minimum atomic E-state index is 0.395. The van der Waals surface area contributed by atoms with Gasteiger partial charge in [-0.1, -0.05) is 12.1 Å². The molecule has 0 atom stereocenters. The Morgan fingerprint density at radius 1 is 1.42 bits per heavy atom. The van der Waals surface area contributed by atoms with Crippen molar-refractivity contribution < 1.29 is 5.11 Å². The lowest BCUT2D eigenvalue weighted by atomic mass is 10.1. The van der Waals surface area contributed by atoms with Crippen LogP contribution in [-0.2, 0) is 6.42 Å². The smallest absolute Gasteiger partial charge is 0.118 e. The van der Waals surface area contributed by atoms with Gasteiger partial charge in [-0.15, -0.1) is 0 Å². The molecule has 0 heterocycles. The molecule has 1 aromatic carbocycles. The molecule has 66 valence electrons. The van der Waals surface area contributed by atoms with Crippen molar-refractivity contribution >= 4 is 12.6 Å². The fourth-order valence-corrected chi connectivity index (χ4v) is 1.25. The van der Waals surface area contributed by atoms with E-state index in [0.29, 0.717) is 5.75 Å². The number of phenols is 1. The molecular weight excluding hydrogens is 168 g/mol. The van der Waals surface area contributed by atoms with E-state index in [9.17, 15) is 5.11 Å². The van der Waals surface area contributed by atoms with Crippen LogP contribution in [-0.4, -0.2) is 10.9 Å². The lowest BCUT2D eigenvalue weighted by Gasteiger charge is -2.02. The average Bonchev–Trinajstić information content (AvgIpc) is 2.07. The first kappa shape index (κ1) is 9.46. The van der Waals surface area contributed by atoms with Crippen LogP contribution in [0.25, 0.3) is 0 Å². The summed E-state index contributed by atoms with van der Waals surface area (Å²) in [7, 11) is 0. The van der Waals surface area contributed by atoms with Crippen molar-refractivity contribution in [3.05, 3.63) is 29.3 Å². The van der Waals surface area contributed by atoms with Gasteiger partial charge in [0.05, 0.1) is 0 Å². The molecule has 1 rings (SSSR count). The fourth-order valence-electron chi connectivity index (χ4n) is 1.09. The van der Waals surface area contributed by atoms with E-state index in [2.05, 4.69) is 18.7 Å². The van der Waals surface area contributed by atoms with E-state index < -0.39 is 0 Å². The Labute approximate surface area is 78.8 Å². The molecule has 0 spiro atoms. The quantitative estimate of drug-likeness (QED) is 0.688. The molecule has 12 heavy (non-hydrogen) atoms. The lowest BCUT2D eigenvalue weighted by molar-refractivity contribution is 0.470. The van der Waals surface area contributed by atoms with Crippen molar-refractivity contribution in [3.63, 3.8) is 0 Å². The SMILES string of the molecule is Cc1ccc(CCCS)cc1O. The third-order valence-electron chi connectivity index (χ3n) is 1.90. The molecule has 0 bridgehead atoms. The Morgan fingerprint density at radius 2 is 2.17 bits per heavy atom. The number of rotatable bonds is 3. The van der Waals surface area contributed by atoms with Crippen LogP contribution < -0.4 is 0 Å².